The number of nitrogens with one attached hydrogen (secondary N) is 1. The average Bonchev–Trinajstić information content (AvgIpc) is 2.92. The lowest BCUT2D eigenvalue weighted by atomic mass is 9.98. The predicted octanol–water partition coefficient (Wildman–Crippen LogP) is 2.51. The Kier molecular flexibility index (Phi) is 7.29. The number of amides is 1. The standard InChI is InChI=1S/C21H26ClN3O3S/c1-29(27,28)25-12-6-11-24(13-14-25)16-20(26)23-21(17-7-3-2-4-8-17)18-9-5-10-19(22)15-18/h2-5,7-10,15,21H,6,11-14,16H2,1H3,(H,23,26). The minimum Gasteiger partial charge on any atom is -0.344 e. The summed E-state index contributed by atoms with van der Waals surface area (Å²) in [5.74, 6) is -0.105. The summed E-state index contributed by atoms with van der Waals surface area (Å²) >= 11 is 6.16. The van der Waals surface area contributed by atoms with E-state index in [1.54, 1.807) is 6.07 Å². The zero-order chi connectivity index (χ0) is 20.9. The van der Waals surface area contributed by atoms with Crippen molar-refractivity contribution in [3.05, 3.63) is 70.7 Å². The van der Waals surface area contributed by atoms with Gasteiger partial charge in [-0.05, 0) is 36.2 Å². The topological polar surface area (TPSA) is 69.7 Å². The largest absolute Gasteiger partial charge is 0.344 e. The number of carbonyl (C=O) groups excluding carboxylic acids is 1. The van der Waals surface area contributed by atoms with Crippen LogP contribution < -0.4 is 5.32 Å². The second-order valence-electron chi connectivity index (χ2n) is 7.26. The van der Waals surface area contributed by atoms with Crippen LogP contribution in [0.1, 0.15) is 23.6 Å². The highest BCUT2D eigenvalue weighted by Crippen LogP contribution is 2.24. The van der Waals surface area contributed by atoms with Crippen molar-refractivity contribution in [2.45, 2.75) is 12.5 Å². The van der Waals surface area contributed by atoms with E-state index in [0.717, 1.165) is 11.1 Å². The number of benzene rings is 2. The second kappa shape index (κ2) is 9.71. The molecular formula is C21H26ClN3O3S. The summed E-state index contributed by atoms with van der Waals surface area (Å²) in [6.07, 6.45) is 1.93. The van der Waals surface area contributed by atoms with E-state index in [2.05, 4.69) is 5.32 Å². The van der Waals surface area contributed by atoms with Gasteiger partial charge < -0.3 is 5.32 Å². The molecule has 0 radical (unpaired) electrons. The van der Waals surface area contributed by atoms with Gasteiger partial charge in [-0.15, -0.1) is 0 Å². The first-order valence-corrected chi connectivity index (χ1v) is 11.8. The number of sulfonamides is 1. The van der Waals surface area contributed by atoms with Gasteiger partial charge in [0.15, 0.2) is 0 Å². The van der Waals surface area contributed by atoms with E-state index in [1.165, 1.54) is 10.6 Å². The van der Waals surface area contributed by atoms with Crippen LogP contribution in [0.2, 0.25) is 5.02 Å². The first-order chi connectivity index (χ1) is 13.8. The van der Waals surface area contributed by atoms with E-state index >= 15 is 0 Å². The molecule has 1 heterocycles. The maximum absolute atomic E-state index is 12.8. The molecule has 29 heavy (non-hydrogen) atoms. The molecule has 2 aromatic rings. The van der Waals surface area contributed by atoms with Crippen molar-refractivity contribution >= 4 is 27.5 Å². The van der Waals surface area contributed by atoms with Crippen molar-refractivity contribution in [2.75, 3.05) is 39.0 Å². The second-order valence-corrected chi connectivity index (χ2v) is 9.68. The fourth-order valence-corrected chi connectivity index (χ4v) is 4.61. The Labute approximate surface area is 177 Å². The Morgan fingerprint density at radius 2 is 1.76 bits per heavy atom. The van der Waals surface area contributed by atoms with Crippen LogP contribution in [-0.4, -0.2) is 62.5 Å². The number of nitrogens with zero attached hydrogens (tertiary/aromatic N) is 2. The molecule has 156 valence electrons. The lowest BCUT2D eigenvalue weighted by Crippen LogP contribution is -2.41. The van der Waals surface area contributed by atoms with Crippen LogP contribution in [0.4, 0.5) is 0 Å². The molecule has 8 heteroatoms. The minimum absolute atomic E-state index is 0.105. The molecule has 1 fully saturated rings. The van der Waals surface area contributed by atoms with E-state index in [4.69, 9.17) is 11.6 Å². The highest BCUT2D eigenvalue weighted by molar-refractivity contribution is 7.88. The predicted molar refractivity (Wildman–Crippen MR) is 115 cm³/mol. The summed E-state index contributed by atoms with van der Waals surface area (Å²) in [6, 6.07) is 16.9. The van der Waals surface area contributed by atoms with Crippen LogP contribution in [0.3, 0.4) is 0 Å². The van der Waals surface area contributed by atoms with Crippen LogP contribution in [0, 0.1) is 0 Å². The van der Waals surface area contributed by atoms with Gasteiger partial charge in [-0.1, -0.05) is 54.1 Å². The Balaban J connectivity index is 1.69. The van der Waals surface area contributed by atoms with Crippen molar-refractivity contribution in [3.63, 3.8) is 0 Å². The van der Waals surface area contributed by atoms with Crippen LogP contribution in [-0.2, 0) is 14.8 Å². The number of rotatable bonds is 6. The molecule has 1 amide bonds. The van der Waals surface area contributed by atoms with E-state index in [1.807, 2.05) is 53.4 Å². The van der Waals surface area contributed by atoms with Crippen molar-refractivity contribution in [3.8, 4) is 0 Å². The van der Waals surface area contributed by atoms with Crippen molar-refractivity contribution in [2.24, 2.45) is 0 Å². The van der Waals surface area contributed by atoms with Crippen molar-refractivity contribution in [1.29, 1.82) is 0 Å². The molecular weight excluding hydrogens is 410 g/mol. The average molecular weight is 436 g/mol. The fraction of sp³-hybridized carbons (Fsp3) is 0.381. The number of halogens is 1. The van der Waals surface area contributed by atoms with Gasteiger partial charge in [0.1, 0.15) is 0 Å². The van der Waals surface area contributed by atoms with Crippen LogP contribution in [0.5, 0.6) is 0 Å². The highest BCUT2D eigenvalue weighted by atomic mass is 35.5. The molecule has 6 nitrogen and oxygen atoms in total. The van der Waals surface area contributed by atoms with Crippen LogP contribution in [0.25, 0.3) is 0 Å². The van der Waals surface area contributed by atoms with E-state index in [-0.39, 0.29) is 18.5 Å². The Morgan fingerprint density at radius 3 is 2.45 bits per heavy atom. The van der Waals surface area contributed by atoms with Crippen molar-refractivity contribution < 1.29 is 13.2 Å². The number of carbonyl (C=O) groups is 1. The number of hydrogen-bond acceptors (Lipinski definition) is 4. The summed E-state index contributed by atoms with van der Waals surface area (Å²) in [7, 11) is -3.20. The molecule has 1 unspecified atom stereocenters. The zero-order valence-corrected chi connectivity index (χ0v) is 18.0. The molecule has 0 saturated carbocycles. The minimum atomic E-state index is -3.20. The zero-order valence-electron chi connectivity index (χ0n) is 16.4. The Bertz CT molecular complexity index is 937. The molecule has 1 aliphatic heterocycles. The van der Waals surface area contributed by atoms with Gasteiger partial charge in [0.05, 0.1) is 18.8 Å². The van der Waals surface area contributed by atoms with E-state index in [9.17, 15) is 13.2 Å². The van der Waals surface area contributed by atoms with Gasteiger partial charge in [0.25, 0.3) is 0 Å². The lowest BCUT2D eigenvalue weighted by molar-refractivity contribution is -0.122. The molecule has 0 spiro atoms. The highest BCUT2D eigenvalue weighted by Gasteiger charge is 2.23. The van der Waals surface area contributed by atoms with Crippen molar-refractivity contribution in [1.82, 2.24) is 14.5 Å². The van der Waals surface area contributed by atoms with Crippen LogP contribution in [0.15, 0.2) is 54.6 Å². The first kappa shape index (κ1) is 21.8. The Morgan fingerprint density at radius 1 is 1.03 bits per heavy atom. The van der Waals surface area contributed by atoms with Gasteiger partial charge in [0, 0.05) is 24.7 Å². The normalized spacial score (nSPS) is 17.4. The summed E-state index contributed by atoms with van der Waals surface area (Å²) in [4.78, 5) is 14.8. The third kappa shape index (κ3) is 6.27. The van der Waals surface area contributed by atoms with Gasteiger partial charge >= 0.3 is 0 Å². The number of hydrogen-bond donors (Lipinski definition) is 1. The maximum atomic E-state index is 12.8. The maximum Gasteiger partial charge on any atom is 0.234 e. The fourth-order valence-electron chi connectivity index (χ4n) is 3.54. The summed E-state index contributed by atoms with van der Waals surface area (Å²) in [5.41, 5.74) is 1.89. The van der Waals surface area contributed by atoms with Gasteiger partial charge in [0.2, 0.25) is 15.9 Å². The summed E-state index contributed by atoms with van der Waals surface area (Å²) in [6.45, 7) is 2.34. The molecule has 2 aromatic carbocycles. The first-order valence-electron chi connectivity index (χ1n) is 9.60. The molecule has 0 bridgehead atoms. The van der Waals surface area contributed by atoms with E-state index < -0.39 is 10.0 Å². The lowest BCUT2D eigenvalue weighted by Gasteiger charge is -2.24. The SMILES string of the molecule is CS(=O)(=O)N1CCCN(CC(=O)NC(c2ccccc2)c2cccc(Cl)c2)CC1. The van der Waals surface area contributed by atoms with Crippen LogP contribution >= 0.6 is 11.6 Å². The monoisotopic (exact) mass is 435 g/mol. The van der Waals surface area contributed by atoms with E-state index in [0.29, 0.717) is 37.6 Å². The molecule has 3 rings (SSSR count). The van der Waals surface area contributed by atoms with Gasteiger partial charge in [-0.2, -0.15) is 0 Å². The third-order valence-electron chi connectivity index (χ3n) is 5.00. The third-order valence-corrected chi connectivity index (χ3v) is 6.54. The molecule has 0 aliphatic carbocycles. The molecule has 0 aromatic heterocycles. The van der Waals surface area contributed by atoms with Gasteiger partial charge in [-0.25, -0.2) is 12.7 Å². The quantitative estimate of drug-likeness (QED) is 0.756. The Hall–Kier alpha value is -1.93. The smallest absolute Gasteiger partial charge is 0.234 e. The summed E-state index contributed by atoms with van der Waals surface area (Å²) in [5, 5.41) is 3.73. The van der Waals surface area contributed by atoms with Gasteiger partial charge in [-0.3, -0.25) is 9.69 Å². The molecule has 1 N–H and O–H groups in total. The molecule has 1 atom stereocenters. The summed E-state index contributed by atoms with van der Waals surface area (Å²) < 4.78 is 25.0. The molecule has 1 saturated heterocycles. The molecule has 1 aliphatic rings.